The molecule has 3 rings (SSSR count). The fourth-order valence-electron chi connectivity index (χ4n) is 2.34. The van der Waals surface area contributed by atoms with E-state index < -0.39 is 0 Å². The van der Waals surface area contributed by atoms with Gasteiger partial charge in [-0.15, -0.1) is 10.2 Å². The Bertz CT molecular complexity index is 836. The van der Waals surface area contributed by atoms with E-state index in [9.17, 15) is 4.79 Å². The van der Waals surface area contributed by atoms with Gasteiger partial charge >= 0.3 is 0 Å². The average molecular weight is 372 g/mol. The molecule has 1 amide bonds. The number of para-hydroxylation sites is 1. The van der Waals surface area contributed by atoms with Crippen LogP contribution >= 0.6 is 11.6 Å². The quantitative estimate of drug-likeness (QED) is 0.615. The van der Waals surface area contributed by atoms with Crippen LogP contribution in [0.4, 0.5) is 0 Å². The summed E-state index contributed by atoms with van der Waals surface area (Å²) in [6.45, 7) is 0.731. The normalized spacial score (nSPS) is 10.5. The molecular formula is C18H18ClN5O2. The van der Waals surface area contributed by atoms with Crippen LogP contribution in [0.1, 0.15) is 12.2 Å². The van der Waals surface area contributed by atoms with Crippen molar-refractivity contribution >= 4 is 17.5 Å². The third-order valence-corrected chi connectivity index (χ3v) is 3.83. The Kier molecular flexibility index (Phi) is 6.16. The zero-order chi connectivity index (χ0) is 18.2. The smallest absolute Gasteiger partial charge is 0.220 e. The number of hydrogen-bond donors (Lipinski definition) is 1. The molecule has 8 heteroatoms. The average Bonchev–Trinajstić information content (AvgIpc) is 3.14. The van der Waals surface area contributed by atoms with E-state index in [1.165, 1.54) is 6.20 Å². The van der Waals surface area contributed by atoms with Gasteiger partial charge in [0.05, 0.1) is 11.6 Å². The van der Waals surface area contributed by atoms with Crippen molar-refractivity contribution in [3.63, 3.8) is 0 Å². The maximum atomic E-state index is 12.0. The minimum Gasteiger partial charge on any atom is -0.476 e. The first-order chi connectivity index (χ1) is 12.7. The van der Waals surface area contributed by atoms with Gasteiger partial charge in [-0.1, -0.05) is 29.8 Å². The van der Waals surface area contributed by atoms with Crippen LogP contribution in [-0.2, 0) is 11.2 Å². The minimum atomic E-state index is -0.0692. The summed E-state index contributed by atoms with van der Waals surface area (Å²) in [6, 6.07) is 13.2. The van der Waals surface area contributed by atoms with E-state index in [0.717, 1.165) is 11.5 Å². The number of amides is 1. The molecule has 2 heterocycles. The Labute approximate surface area is 156 Å². The number of hydrogen-bond acceptors (Lipinski definition) is 5. The summed E-state index contributed by atoms with van der Waals surface area (Å²) in [7, 11) is 0. The Morgan fingerprint density at radius 3 is 2.81 bits per heavy atom. The topological polar surface area (TPSA) is 81.9 Å². The van der Waals surface area contributed by atoms with Crippen LogP contribution in [-0.4, -0.2) is 38.8 Å². The van der Waals surface area contributed by atoms with Crippen LogP contribution in [0.3, 0.4) is 0 Å². The van der Waals surface area contributed by atoms with E-state index in [1.54, 1.807) is 18.5 Å². The van der Waals surface area contributed by atoms with Gasteiger partial charge in [0.1, 0.15) is 18.8 Å². The molecule has 0 radical (unpaired) electrons. The van der Waals surface area contributed by atoms with E-state index in [4.69, 9.17) is 16.3 Å². The van der Waals surface area contributed by atoms with Gasteiger partial charge in [0, 0.05) is 30.8 Å². The lowest BCUT2D eigenvalue weighted by Gasteiger charge is -2.08. The summed E-state index contributed by atoms with van der Waals surface area (Å²) in [4.78, 5) is 16.0. The molecule has 134 valence electrons. The van der Waals surface area contributed by atoms with Crippen molar-refractivity contribution in [2.45, 2.75) is 12.8 Å². The highest BCUT2D eigenvalue weighted by atomic mass is 35.5. The fourth-order valence-corrected chi connectivity index (χ4v) is 2.45. The lowest BCUT2D eigenvalue weighted by Crippen LogP contribution is -2.28. The van der Waals surface area contributed by atoms with Gasteiger partial charge in [-0.05, 0) is 18.2 Å². The number of ether oxygens (including phenoxy) is 1. The summed E-state index contributed by atoms with van der Waals surface area (Å²) in [5.74, 6) is 1.15. The molecule has 1 N–H and O–H groups in total. The third kappa shape index (κ3) is 5.03. The fraction of sp³-hybridized carbons (Fsp3) is 0.222. The molecule has 2 aromatic heterocycles. The van der Waals surface area contributed by atoms with E-state index >= 15 is 0 Å². The number of aryl methyl sites for hydroxylation is 1. The van der Waals surface area contributed by atoms with Gasteiger partial charge in [-0.25, -0.2) is 4.98 Å². The lowest BCUT2D eigenvalue weighted by molar-refractivity contribution is -0.121. The highest BCUT2D eigenvalue weighted by Crippen LogP contribution is 2.11. The standard InChI is InChI=1S/C18H18ClN5O2/c19-14-6-9-18(21-12-14)26-11-10-20-17(25)8-7-16-23-22-13-24(16)15-4-2-1-3-5-15/h1-6,9,12-13H,7-8,10-11H2,(H,20,25). The lowest BCUT2D eigenvalue weighted by atomic mass is 10.2. The van der Waals surface area contributed by atoms with E-state index in [-0.39, 0.29) is 5.91 Å². The van der Waals surface area contributed by atoms with Crippen LogP contribution in [0.2, 0.25) is 5.02 Å². The molecule has 0 aliphatic carbocycles. The maximum Gasteiger partial charge on any atom is 0.220 e. The number of carbonyl (C=O) groups is 1. The van der Waals surface area contributed by atoms with E-state index in [1.807, 2.05) is 34.9 Å². The van der Waals surface area contributed by atoms with Crippen molar-refractivity contribution in [2.24, 2.45) is 0 Å². The van der Waals surface area contributed by atoms with Gasteiger partial charge in [-0.3, -0.25) is 9.36 Å². The molecule has 0 atom stereocenters. The summed E-state index contributed by atoms with van der Waals surface area (Å²) in [5.41, 5.74) is 0.969. The summed E-state index contributed by atoms with van der Waals surface area (Å²) < 4.78 is 7.31. The zero-order valence-corrected chi connectivity index (χ0v) is 14.8. The predicted octanol–water partition coefficient (Wildman–Crippen LogP) is 2.44. The van der Waals surface area contributed by atoms with Crippen LogP contribution in [0.5, 0.6) is 5.88 Å². The van der Waals surface area contributed by atoms with Crippen molar-refractivity contribution in [3.05, 3.63) is 65.8 Å². The number of nitrogens with zero attached hydrogens (tertiary/aromatic N) is 4. The second kappa shape index (κ2) is 8.96. The number of aromatic nitrogens is 4. The van der Waals surface area contributed by atoms with Gasteiger partial charge < -0.3 is 10.1 Å². The third-order valence-electron chi connectivity index (χ3n) is 3.60. The molecule has 0 unspecified atom stereocenters. The van der Waals surface area contributed by atoms with Crippen LogP contribution in [0, 0.1) is 0 Å². The van der Waals surface area contributed by atoms with Crippen LogP contribution in [0.25, 0.3) is 5.69 Å². The second-order valence-electron chi connectivity index (χ2n) is 5.47. The van der Waals surface area contributed by atoms with Crippen molar-refractivity contribution in [1.29, 1.82) is 0 Å². The van der Waals surface area contributed by atoms with Gasteiger partial charge in [0.25, 0.3) is 0 Å². The Morgan fingerprint density at radius 1 is 1.19 bits per heavy atom. The van der Waals surface area contributed by atoms with Gasteiger partial charge in [0.15, 0.2) is 0 Å². The molecule has 0 aliphatic rings. The first kappa shape index (κ1) is 17.9. The molecule has 0 spiro atoms. The number of carbonyl (C=O) groups excluding carboxylic acids is 1. The number of benzene rings is 1. The van der Waals surface area contributed by atoms with E-state index in [0.29, 0.717) is 36.9 Å². The molecule has 0 saturated heterocycles. The molecule has 0 bridgehead atoms. The highest BCUT2D eigenvalue weighted by molar-refractivity contribution is 6.30. The van der Waals surface area contributed by atoms with Crippen molar-refractivity contribution in [3.8, 4) is 11.6 Å². The van der Waals surface area contributed by atoms with Gasteiger partial charge in [0.2, 0.25) is 11.8 Å². The number of rotatable bonds is 8. The largest absolute Gasteiger partial charge is 0.476 e. The molecule has 26 heavy (non-hydrogen) atoms. The summed E-state index contributed by atoms with van der Waals surface area (Å²) in [5, 5.41) is 11.4. The Balaban J connectivity index is 1.41. The number of nitrogens with one attached hydrogen (secondary N) is 1. The van der Waals surface area contributed by atoms with Crippen molar-refractivity contribution in [1.82, 2.24) is 25.1 Å². The van der Waals surface area contributed by atoms with Crippen LogP contribution in [0.15, 0.2) is 55.0 Å². The van der Waals surface area contributed by atoms with Crippen molar-refractivity contribution < 1.29 is 9.53 Å². The summed E-state index contributed by atoms with van der Waals surface area (Å²) in [6.07, 6.45) is 3.99. The first-order valence-corrected chi connectivity index (χ1v) is 8.55. The molecule has 7 nitrogen and oxygen atoms in total. The van der Waals surface area contributed by atoms with Crippen molar-refractivity contribution in [2.75, 3.05) is 13.2 Å². The first-order valence-electron chi connectivity index (χ1n) is 8.18. The van der Waals surface area contributed by atoms with Gasteiger partial charge in [-0.2, -0.15) is 0 Å². The second-order valence-corrected chi connectivity index (χ2v) is 5.90. The van der Waals surface area contributed by atoms with E-state index in [2.05, 4.69) is 20.5 Å². The molecule has 0 fully saturated rings. The predicted molar refractivity (Wildman–Crippen MR) is 97.4 cm³/mol. The molecule has 0 saturated carbocycles. The SMILES string of the molecule is O=C(CCc1nncn1-c1ccccc1)NCCOc1ccc(Cl)cn1. The zero-order valence-electron chi connectivity index (χ0n) is 14.0. The monoisotopic (exact) mass is 371 g/mol. The molecule has 3 aromatic rings. The summed E-state index contributed by atoms with van der Waals surface area (Å²) >= 11 is 5.76. The molecular weight excluding hydrogens is 354 g/mol. The van der Waals surface area contributed by atoms with Crippen LogP contribution < -0.4 is 10.1 Å². The molecule has 1 aromatic carbocycles. The molecule has 0 aliphatic heterocycles. The number of halogens is 1. The Hall–Kier alpha value is -2.93. The maximum absolute atomic E-state index is 12.0. The highest BCUT2D eigenvalue weighted by Gasteiger charge is 2.09. The minimum absolute atomic E-state index is 0.0692. The Morgan fingerprint density at radius 2 is 2.04 bits per heavy atom. The number of pyridine rings is 1.